The summed E-state index contributed by atoms with van der Waals surface area (Å²) in [6.07, 6.45) is 8.84. The van der Waals surface area contributed by atoms with Crippen molar-refractivity contribution < 1.29 is 13.8 Å². The molecule has 1 saturated carbocycles. The number of amides is 1. The summed E-state index contributed by atoms with van der Waals surface area (Å²) in [4.78, 5) is 25.1. The third-order valence-electron chi connectivity index (χ3n) is 7.14. The number of nitrogens with zero attached hydrogens (tertiary/aromatic N) is 2. The van der Waals surface area contributed by atoms with E-state index < -0.39 is 16.8 Å². The first-order valence-electron chi connectivity index (χ1n) is 13.2. The van der Waals surface area contributed by atoms with Gasteiger partial charge in [0.05, 0.1) is 11.6 Å². The van der Waals surface area contributed by atoms with Gasteiger partial charge in [-0.1, -0.05) is 71.6 Å². The van der Waals surface area contributed by atoms with E-state index in [0.717, 1.165) is 34.9 Å². The highest BCUT2D eigenvalue weighted by Crippen LogP contribution is 2.27. The van der Waals surface area contributed by atoms with Crippen LogP contribution in [0.4, 0.5) is 0 Å². The zero-order valence-electron chi connectivity index (χ0n) is 22.1. The summed E-state index contributed by atoms with van der Waals surface area (Å²) in [5.74, 6) is 2.91. The molecular weight excluding hydrogens is 458 g/mol. The molecule has 1 aromatic carbocycles. The molecule has 6 nitrogen and oxygen atoms in total. The van der Waals surface area contributed by atoms with Crippen LogP contribution in [0.5, 0.6) is 0 Å². The number of Topliss-reactive ketones (excluding diaryl/α,β-unsaturated/α-hetero) is 1. The van der Waals surface area contributed by atoms with Crippen molar-refractivity contribution in [2.75, 3.05) is 11.5 Å². The standard InChI is InChI=1S/C23H33N3O2.C5H10OS/c1-16(27)21(23(2,3)4)24-22(28)20-18-13-9-10-14-19(18)26(25-20)15-17-11-7-5-6-8-12-17;1-5-2-3-7(6)4-5/h9-10,13-14,17,21H,5-8,11-12,15H2,1-4H3,(H,24,28);5H,2-4H2,1H3. The first kappa shape index (κ1) is 27.6. The van der Waals surface area contributed by atoms with Crippen LogP contribution < -0.4 is 5.32 Å². The average molecular weight is 502 g/mol. The molecule has 0 spiro atoms. The molecule has 3 unspecified atom stereocenters. The smallest absolute Gasteiger partial charge is 0.273 e. The van der Waals surface area contributed by atoms with Crippen molar-refractivity contribution in [1.82, 2.24) is 15.1 Å². The molecule has 7 heteroatoms. The Hall–Kier alpha value is -2.02. The van der Waals surface area contributed by atoms with E-state index in [1.54, 1.807) is 0 Å². The predicted octanol–water partition coefficient (Wildman–Crippen LogP) is 5.52. The lowest BCUT2D eigenvalue weighted by Gasteiger charge is -2.29. The van der Waals surface area contributed by atoms with Crippen LogP contribution in [0, 0.1) is 17.3 Å². The van der Waals surface area contributed by atoms with E-state index in [0.29, 0.717) is 11.6 Å². The molecule has 4 rings (SSSR count). The number of aromatic nitrogens is 2. The van der Waals surface area contributed by atoms with Gasteiger partial charge in [-0.2, -0.15) is 5.10 Å². The Bertz CT molecular complexity index is 1030. The fourth-order valence-electron chi connectivity index (χ4n) is 5.17. The molecule has 1 amide bonds. The van der Waals surface area contributed by atoms with Crippen LogP contribution >= 0.6 is 0 Å². The Kier molecular flexibility index (Phi) is 9.68. The summed E-state index contributed by atoms with van der Waals surface area (Å²) in [6, 6.07) is 7.36. The molecule has 0 radical (unpaired) electrons. The van der Waals surface area contributed by atoms with Gasteiger partial charge in [0.1, 0.15) is 0 Å². The number of hydrogen-bond donors (Lipinski definition) is 1. The second kappa shape index (κ2) is 12.3. The minimum atomic E-state index is -0.536. The third kappa shape index (κ3) is 7.73. The SMILES string of the molecule is CC(=O)C(NC(=O)c1nn(CC2CCCCCC2)c2ccccc12)C(C)(C)C.CC1CCS(=O)C1. The zero-order chi connectivity index (χ0) is 25.6. The van der Waals surface area contributed by atoms with Crippen LogP contribution in [0.1, 0.15) is 90.1 Å². The van der Waals surface area contributed by atoms with Gasteiger partial charge in [0.25, 0.3) is 5.91 Å². The Morgan fingerprint density at radius 2 is 1.77 bits per heavy atom. The fourth-order valence-corrected chi connectivity index (χ4v) is 6.80. The maximum atomic E-state index is 13.0. The van der Waals surface area contributed by atoms with Gasteiger partial charge in [-0.25, -0.2) is 0 Å². The minimum Gasteiger partial charge on any atom is -0.340 e. The summed E-state index contributed by atoms with van der Waals surface area (Å²) >= 11 is 0. The molecule has 1 aliphatic carbocycles. The predicted molar refractivity (Wildman–Crippen MR) is 144 cm³/mol. The normalized spacial score (nSPS) is 22.2. The Morgan fingerprint density at radius 1 is 1.11 bits per heavy atom. The van der Waals surface area contributed by atoms with Gasteiger partial charge in [0, 0.05) is 34.2 Å². The number of rotatable bonds is 5. The quantitative estimate of drug-likeness (QED) is 0.547. The van der Waals surface area contributed by atoms with E-state index in [9.17, 15) is 13.8 Å². The molecule has 2 aromatic rings. The zero-order valence-corrected chi connectivity index (χ0v) is 23.0. The highest BCUT2D eigenvalue weighted by molar-refractivity contribution is 7.85. The van der Waals surface area contributed by atoms with Gasteiger partial charge in [-0.3, -0.25) is 18.5 Å². The summed E-state index contributed by atoms with van der Waals surface area (Å²) in [5.41, 5.74) is 1.06. The molecule has 1 N–H and O–H groups in total. The van der Waals surface area contributed by atoms with Crippen LogP contribution in [0.3, 0.4) is 0 Å². The molecule has 2 heterocycles. The van der Waals surface area contributed by atoms with Crippen molar-refractivity contribution in [2.24, 2.45) is 17.3 Å². The second-order valence-electron chi connectivity index (χ2n) is 11.5. The highest BCUT2D eigenvalue weighted by Gasteiger charge is 2.31. The molecule has 1 saturated heterocycles. The number of para-hydroxylation sites is 1. The Balaban J connectivity index is 0.000000420. The molecule has 194 valence electrons. The maximum Gasteiger partial charge on any atom is 0.273 e. The molecule has 1 aliphatic heterocycles. The van der Waals surface area contributed by atoms with E-state index >= 15 is 0 Å². The largest absolute Gasteiger partial charge is 0.340 e. The van der Waals surface area contributed by atoms with Crippen molar-refractivity contribution in [3.05, 3.63) is 30.0 Å². The number of nitrogens with one attached hydrogen (secondary N) is 1. The summed E-state index contributed by atoms with van der Waals surface area (Å²) in [7, 11) is -0.453. The van der Waals surface area contributed by atoms with Gasteiger partial charge < -0.3 is 5.32 Å². The lowest BCUT2D eigenvalue weighted by atomic mass is 9.84. The number of benzene rings is 1. The maximum absolute atomic E-state index is 13.0. The highest BCUT2D eigenvalue weighted by atomic mass is 32.2. The molecule has 0 bridgehead atoms. The molecule has 35 heavy (non-hydrogen) atoms. The van der Waals surface area contributed by atoms with Gasteiger partial charge >= 0.3 is 0 Å². The van der Waals surface area contributed by atoms with Crippen molar-refractivity contribution in [2.45, 2.75) is 92.2 Å². The second-order valence-corrected chi connectivity index (χ2v) is 13.1. The van der Waals surface area contributed by atoms with Crippen molar-refractivity contribution in [3.8, 4) is 0 Å². The molecular formula is C28H43N3O3S. The number of ketones is 1. The number of hydrogen-bond acceptors (Lipinski definition) is 4. The molecule has 3 atom stereocenters. The summed E-state index contributed by atoms with van der Waals surface area (Å²) in [6.45, 7) is 10.4. The van der Waals surface area contributed by atoms with Gasteiger partial charge in [0.2, 0.25) is 0 Å². The number of fused-ring (bicyclic) bond motifs is 1. The van der Waals surface area contributed by atoms with E-state index in [1.165, 1.54) is 51.9 Å². The minimum absolute atomic E-state index is 0.0388. The van der Waals surface area contributed by atoms with Gasteiger partial charge in [0.15, 0.2) is 11.5 Å². The number of carbonyl (C=O) groups excluding carboxylic acids is 2. The van der Waals surface area contributed by atoms with E-state index in [4.69, 9.17) is 5.10 Å². The van der Waals surface area contributed by atoms with Crippen molar-refractivity contribution in [3.63, 3.8) is 0 Å². The lowest BCUT2D eigenvalue weighted by molar-refractivity contribution is -0.121. The van der Waals surface area contributed by atoms with E-state index in [-0.39, 0.29) is 17.1 Å². The first-order valence-corrected chi connectivity index (χ1v) is 14.7. The van der Waals surface area contributed by atoms with Crippen LogP contribution in [-0.2, 0) is 22.1 Å². The van der Waals surface area contributed by atoms with Crippen LogP contribution in [0.2, 0.25) is 0 Å². The third-order valence-corrected chi connectivity index (χ3v) is 8.77. The monoisotopic (exact) mass is 501 g/mol. The van der Waals surface area contributed by atoms with Crippen LogP contribution in [0.15, 0.2) is 24.3 Å². The van der Waals surface area contributed by atoms with Gasteiger partial charge in [-0.05, 0) is 49.5 Å². The Labute approximate surface area is 213 Å². The molecule has 1 aromatic heterocycles. The molecule has 2 fully saturated rings. The average Bonchev–Trinajstić information content (AvgIpc) is 3.23. The van der Waals surface area contributed by atoms with Crippen LogP contribution in [0.25, 0.3) is 10.9 Å². The summed E-state index contributed by atoms with van der Waals surface area (Å²) in [5, 5.41) is 8.48. The van der Waals surface area contributed by atoms with Gasteiger partial charge in [-0.15, -0.1) is 0 Å². The lowest BCUT2D eigenvalue weighted by Crippen LogP contribution is -2.48. The topological polar surface area (TPSA) is 81.1 Å². The number of carbonyl (C=O) groups is 2. The van der Waals surface area contributed by atoms with E-state index in [2.05, 4.69) is 12.2 Å². The van der Waals surface area contributed by atoms with E-state index in [1.807, 2.05) is 49.7 Å². The van der Waals surface area contributed by atoms with Crippen LogP contribution in [-0.4, -0.2) is 43.2 Å². The molecule has 2 aliphatic rings. The van der Waals surface area contributed by atoms with Crippen molar-refractivity contribution in [1.29, 1.82) is 0 Å². The Morgan fingerprint density at radius 3 is 2.29 bits per heavy atom. The van der Waals surface area contributed by atoms with Crippen molar-refractivity contribution >= 4 is 33.4 Å². The first-order chi connectivity index (χ1) is 16.6. The fraction of sp³-hybridized carbons (Fsp3) is 0.679. The summed E-state index contributed by atoms with van der Waals surface area (Å²) < 4.78 is 12.6.